The molecule has 1 aromatic rings. The minimum atomic E-state index is -4.89. The van der Waals surface area contributed by atoms with Crippen LogP contribution >= 0.6 is 7.82 Å². The molecular weight excluding hydrogens is 236 g/mol. The molecule has 0 unspecified atom stereocenters. The van der Waals surface area contributed by atoms with Crippen molar-refractivity contribution in [2.45, 2.75) is 0 Å². The molecule has 0 amide bonds. The van der Waals surface area contributed by atoms with Crippen molar-refractivity contribution >= 4 is 13.8 Å². The van der Waals surface area contributed by atoms with Gasteiger partial charge in [-0.2, -0.15) is 0 Å². The van der Waals surface area contributed by atoms with E-state index in [2.05, 4.69) is 4.98 Å². The van der Waals surface area contributed by atoms with Crippen molar-refractivity contribution in [1.82, 2.24) is 4.98 Å². The number of rotatable bonds is 1. The largest absolute Gasteiger partial charge is 1.00 e. The summed E-state index contributed by atoms with van der Waals surface area (Å²) in [5.74, 6) is -0.942. The van der Waals surface area contributed by atoms with Crippen LogP contribution < -0.4 is 34.5 Å². The molecule has 0 aliphatic heterocycles. The number of pyridine rings is 1. The molecule has 0 saturated heterocycles. The Bertz CT molecular complexity index is 330. The second-order valence-corrected chi connectivity index (χ2v) is 3.02. The number of hydrogen-bond donors (Lipinski definition) is 3. The summed E-state index contributed by atoms with van der Waals surface area (Å²) in [6.07, 6.45) is 2.84. The molecule has 0 bridgehead atoms. The summed E-state index contributed by atoms with van der Waals surface area (Å²) in [6.45, 7) is 0. The molecule has 1 aromatic heterocycles. The van der Waals surface area contributed by atoms with Gasteiger partial charge in [0.05, 0.1) is 5.56 Å². The Morgan fingerprint density at radius 3 is 2.13 bits per heavy atom. The number of hydrogen-bond acceptors (Lipinski definition) is 4. The molecule has 0 aliphatic carbocycles. The van der Waals surface area contributed by atoms with Crippen LogP contribution in [0.4, 0.5) is 0 Å². The van der Waals surface area contributed by atoms with Gasteiger partial charge in [0.2, 0.25) is 0 Å². The monoisotopic (exact) mass is 243 g/mol. The molecule has 0 saturated carbocycles. The van der Waals surface area contributed by atoms with E-state index in [0.717, 1.165) is 0 Å². The summed E-state index contributed by atoms with van der Waals surface area (Å²) < 4.78 is 8.77. The fourth-order valence-corrected chi connectivity index (χ4v) is 0.489. The minimum absolute atomic E-state index is 0. The zero-order chi connectivity index (χ0) is 11.2. The first kappa shape index (κ1) is 17.1. The van der Waals surface area contributed by atoms with Crippen molar-refractivity contribution in [3.8, 4) is 0 Å². The van der Waals surface area contributed by atoms with E-state index in [4.69, 9.17) is 24.4 Å². The van der Waals surface area contributed by atoms with Crippen LogP contribution in [0, 0.1) is 0 Å². The van der Waals surface area contributed by atoms with Gasteiger partial charge >= 0.3 is 35.5 Å². The van der Waals surface area contributed by atoms with Crippen LogP contribution in [0.5, 0.6) is 0 Å². The zero-order valence-electron chi connectivity index (χ0n) is 7.77. The summed E-state index contributed by atoms with van der Waals surface area (Å²) in [4.78, 5) is 36.7. The second kappa shape index (κ2) is 7.95. The first-order valence-electron chi connectivity index (χ1n) is 3.20. The van der Waals surface area contributed by atoms with Crippen LogP contribution in [-0.2, 0) is 4.57 Å². The van der Waals surface area contributed by atoms with E-state index in [9.17, 15) is 4.79 Å². The molecule has 0 fully saturated rings. The van der Waals surface area contributed by atoms with E-state index < -0.39 is 13.8 Å². The van der Waals surface area contributed by atoms with Crippen molar-refractivity contribution in [3.05, 3.63) is 30.1 Å². The Morgan fingerprint density at radius 1 is 1.47 bits per heavy atom. The molecule has 1 heterocycles. The summed E-state index contributed by atoms with van der Waals surface area (Å²) in [5, 5.41) is 8.34. The smallest absolute Gasteiger partial charge is 0.756 e. The van der Waals surface area contributed by atoms with Gasteiger partial charge in [0.25, 0.3) is 7.82 Å². The topological polar surface area (TPSA) is 131 Å². The van der Waals surface area contributed by atoms with E-state index in [0.29, 0.717) is 0 Å². The molecule has 7 nitrogen and oxygen atoms in total. The Kier molecular flexibility index (Phi) is 9.08. The van der Waals surface area contributed by atoms with Gasteiger partial charge in [-0.05, 0) is 12.1 Å². The van der Waals surface area contributed by atoms with Crippen LogP contribution in [0.25, 0.3) is 0 Å². The SMILES string of the molecule is O=C(O)c1cccnc1.O=P([O-])(O)O.[Na+]. The maximum absolute atomic E-state index is 10.2. The van der Waals surface area contributed by atoms with Crippen molar-refractivity contribution in [2.75, 3.05) is 0 Å². The average Bonchev–Trinajstić information content (AvgIpc) is 2.03. The average molecular weight is 243 g/mol. The molecule has 0 atom stereocenters. The van der Waals surface area contributed by atoms with Gasteiger partial charge in [-0.25, -0.2) is 4.79 Å². The molecule has 1 rings (SSSR count). The fourth-order valence-electron chi connectivity index (χ4n) is 0.489. The predicted octanol–water partition coefficient (Wildman–Crippen LogP) is -3.78. The van der Waals surface area contributed by atoms with Gasteiger partial charge < -0.3 is 19.8 Å². The number of aromatic nitrogens is 1. The molecule has 15 heavy (non-hydrogen) atoms. The summed E-state index contributed by atoms with van der Waals surface area (Å²) in [7, 11) is -4.89. The second-order valence-electron chi connectivity index (χ2n) is 2.04. The standard InChI is InChI=1S/C6H5NO2.Na.H3O4P/c8-6(9)5-2-1-3-7-4-5;;1-5(2,3)4/h1-4H,(H,8,9);;(H3,1,2,3,4)/q;+1;/p-1. The number of phosphoric acid groups is 1. The first-order valence-corrected chi connectivity index (χ1v) is 4.73. The van der Waals surface area contributed by atoms with Crippen molar-refractivity contribution in [2.24, 2.45) is 0 Å². The van der Waals surface area contributed by atoms with Gasteiger partial charge in [0.1, 0.15) is 0 Å². The van der Waals surface area contributed by atoms with Crippen LogP contribution in [-0.4, -0.2) is 25.8 Å². The number of carboxylic acids is 1. The quantitative estimate of drug-likeness (QED) is 0.340. The third-order valence-corrected chi connectivity index (χ3v) is 0.908. The van der Waals surface area contributed by atoms with Crippen molar-refractivity contribution < 1.29 is 58.7 Å². The maximum Gasteiger partial charge on any atom is 1.00 e. The number of nitrogens with zero attached hydrogens (tertiary/aromatic N) is 1. The van der Waals surface area contributed by atoms with Crippen molar-refractivity contribution in [1.29, 1.82) is 0 Å². The number of aromatic carboxylic acids is 1. The Labute approximate surface area is 107 Å². The van der Waals surface area contributed by atoms with E-state index in [1.54, 1.807) is 6.07 Å². The van der Waals surface area contributed by atoms with Crippen LogP contribution in [0.2, 0.25) is 0 Å². The molecule has 0 radical (unpaired) electrons. The minimum Gasteiger partial charge on any atom is -0.756 e. The summed E-state index contributed by atoms with van der Waals surface area (Å²) in [6, 6.07) is 3.08. The zero-order valence-corrected chi connectivity index (χ0v) is 10.7. The molecule has 9 heteroatoms. The van der Waals surface area contributed by atoms with Crippen molar-refractivity contribution in [3.63, 3.8) is 0 Å². The predicted molar refractivity (Wildman–Crippen MR) is 43.2 cm³/mol. The van der Waals surface area contributed by atoms with Crippen LogP contribution in [0.3, 0.4) is 0 Å². The number of carboxylic acid groups (broad SMARTS) is 1. The summed E-state index contributed by atoms with van der Waals surface area (Å²) >= 11 is 0. The van der Waals surface area contributed by atoms with Crippen LogP contribution in [0.1, 0.15) is 10.4 Å². The van der Waals surface area contributed by atoms with Gasteiger partial charge in [-0.1, -0.05) is 0 Å². The van der Waals surface area contributed by atoms with Gasteiger partial charge in [0, 0.05) is 12.4 Å². The van der Waals surface area contributed by atoms with Gasteiger partial charge in [-0.15, -0.1) is 0 Å². The molecule has 3 N–H and O–H groups in total. The first-order chi connectivity index (χ1) is 6.30. The molecule has 0 aromatic carbocycles. The molecule has 0 aliphatic rings. The Hall–Kier alpha value is -0.270. The molecule has 0 spiro atoms. The van der Waals surface area contributed by atoms with E-state index in [1.165, 1.54) is 18.5 Å². The van der Waals surface area contributed by atoms with Gasteiger partial charge in [-0.3, -0.25) is 9.55 Å². The third kappa shape index (κ3) is 13.7. The number of carbonyl (C=O) groups is 1. The maximum atomic E-state index is 10.2. The Balaban J connectivity index is 0. The van der Waals surface area contributed by atoms with E-state index >= 15 is 0 Å². The van der Waals surface area contributed by atoms with E-state index in [-0.39, 0.29) is 35.1 Å². The van der Waals surface area contributed by atoms with Gasteiger partial charge in [0.15, 0.2) is 0 Å². The molecule has 78 valence electrons. The Morgan fingerprint density at radius 2 is 1.93 bits per heavy atom. The molecular formula is C6H7NNaO6P. The third-order valence-electron chi connectivity index (χ3n) is 0.908. The van der Waals surface area contributed by atoms with Crippen LogP contribution in [0.15, 0.2) is 24.5 Å². The fraction of sp³-hybridized carbons (Fsp3) is 0. The van der Waals surface area contributed by atoms with E-state index in [1.807, 2.05) is 0 Å². The summed E-state index contributed by atoms with van der Waals surface area (Å²) in [5.41, 5.74) is 0.220. The normalized spacial score (nSPS) is 9.27.